The summed E-state index contributed by atoms with van der Waals surface area (Å²) in [6, 6.07) is 12.0. The number of hydrogen-bond donors (Lipinski definition) is 0. The van der Waals surface area contributed by atoms with E-state index >= 15 is 0 Å². The molecule has 2 aliphatic rings. The number of piperidine rings is 1. The van der Waals surface area contributed by atoms with Crippen molar-refractivity contribution in [3.05, 3.63) is 58.6 Å². The molecule has 0 atom stereocenters. The molecule has 5 rings (SSSR count). The molecule has 33 heavy (non-hydrogen) atoms. The van der Waals surface area contributed by atoms with Gasteiger partial charge in [-0.1, -0.05) is 18.9 Å². The molecule has 1 aliphatic heterocycles. The molecule has 1 aliphatic carbocycles. The molecule has 0 spiro atoms. The summed E-state index contributed by atoms with van der Waals surface area (Å²) in [5.74, 6) is 0.804. The van der Waals surface area contributed by atoms with E-state index in [9.17, 15) is 9.59 Å². The molecule has 1 aromatic carbocycles. The van der Waals surface area contributed by atoms with Crippen LogP contribution in [0.1, 0.15) is 74.9 Å². The summed E-state index contributed by atoms with van der Waals surface area (Å²) < 4.78 is 10.2. The van der Waals surface area contributed by atoms with Crippen LogP contribution in [0.3, 0.4) is 0 Å². The predicted molar refractivity (Wildman–Crippen MR) is 128 cm³/mol. The molecule has 7 heteroatoms. The largest absolute Gasteiger partial charge is 0.490 e. The third-order valence-corrected chi connectivity index (χ3v) is 7.00. The van der Waals surface area contributed by atoms with E-state index in [0.29, 0.717) is 24.8 Å². The summed E-state index contributed by atoms with van der Waals surface area (Å²) in [6.07, 6.45) is 8.96. The van der Waals surface area contributed by atoms with Crippen LogP contribution < -0.4 is 10.3 Å². The Morgan fingerprint density at radius 1 is 1.03 bits per heavy atom. The van der Waals surface area contributed by atoms with Crippen LogP contribution in [0, 0.1) is 0 Å². The summed E-state index contributed by atoms with van der Waals surface area (Å²) in [5, 5.41) is 5.45. The molecule has 2 aromatic heterocycles. The lowest BCUT2D eigenvalue weighted by Gasteiger charge is -2.32. The molecule has 0 unspecified atom stereocenters. The zero-order valence-corrected chi connectivity index (χ0v) is 19.4. The predicted octanol–water partition coefficient (Wildman–Crippen LogP) is 4.58. The van der Waals surface area contributed by atoms with Crippen LogP contribution in [0.4, 0.5) is 0 Å². The fourth-order valence-electron chi connectivity index (χ4n) is 5.19. The Hall–Kier alpha value is -3.09. The number of amides is 1. The summed E-state index contributed by atoms with van der Waals surface area (Å²) in [6.45, 7) is 5.00. The van der Waals surface area contributed by atoms with Gasteiger partial charge in [-0.2, -0.15) is 5.10 Å². The van der Waals surface area contributed by atoms with E-state index in [1.807, 2.05) is 18.7 Å². The van der Waals surface area contributed by atoms with Gasteiger partial charge in [-0.3, -0.25) is 9.59 Å². The van der Waals surface area contributed by atoms with Crippen molar-refractivity contribution in [2.45, 2.75) is 70.6 Å². The number of carbonyl (C=O) groups excluding carboxylic acids is 1. The highest BCUT2D eigenvalue weighted by atomic mass is 16.5. The van der Waals surface area contributed by atoms with Crippen molar-refractivity contribution in [3.63, 3.8) is 0 Å². The van der Waals surface area contributed by atoms with Crippen LogP contribution in [0.15, 0.2) is 47.4 Å². The second-order valence-corrected chi connectivity index (χ2v) is 9.55. The topological polar surface area (TPSA) is 69.4 Å². The fraction of sp³-hybridized carbons (Fsp3) is 0.500. The van der Waals surface area contributed by atoms with Gasteiger partial charge in [-0.15, -0.1) is 0 Å². The molecule has 0 radical (unpaired) electrons. The first kappa shape index (κ1) is 21.7. The van der Waals surface area contributed by atoms with Crippen LogP contribution in [-0.4, -0.2) is 44.3 Å². The monoisotopic (exact) mass is 448 g/mol. The SMILES string of the molecule is CC(C)n1nc(C(=O)N2CCC(Oc3cccc4c3ccn4C3CCCC3)CC2)ccc1=O. The van der Waals surface area contributed by atoms with Gasteiger partial charge in [-0.25, -0.2) is 4.68 Å². The maximum absolute atomic E-state index is 13.0. The van der Waals surface area contributed by atoms with Crippen molar-refractivity contribution in [2.24, 2.45) is 0 Å². The van der Waals surface area contributed by atoms with E-state index < -0.39 is 0 Å². The number of carbonyl (C=O) groups is 1. The minimum atomic E-state index is -0.190. The lowest BCUT2D eigenvalue weighted by molar-refractivity contribution is 0.0589. The molecule has 3 heterocycles. The molecular formula is C26H32N4O3. The molecular weight excluding hydrogens is 416 g/mol. The van der Waals surface area contributed by atoms with E-state index in [1.165, 1.54) is 53.4 Å². The summed E-state index contributed by atoms with van der Waals surface area (Å²) in [4.78, 5) is 26.7. The summed E-state index contributed by atoms with van der Waals surface area (Å²) in [5.41, 5.74) is 1.38. The quantitative estimate of drug-likeness (QED) is 0.573. The van der Waals surface area contributed by atoms with Gasteiger partial charge in [0.1, 0.15) is 17.5 Å². The number of rotatable bonds is 5. The highest BCUT2D eigenvalue weighted by Crippen LogP contribution is 2.36. The van der Waals surface area contributed by atoms with Crippen molar-refractivity contribution < 1.29 is 9.53 Å². The molecule has 1 saturated heterocycles. The number of nitrogens with zero attached hydrogens (tertiary/aromatic N) is 4. The first-order chi connectivity index (χ1) is 16.0. The average molecular weight is 449 g/mol. The second-order valence-electron chi connectivity index (χ2n) is 9.55. The Morgan fingerprint density at radius 3 is 2.52 bits per heavy atom. The van der Waals surface area contributed by atoms with Crippen LogP contribution >= 0.6 is 0 Å². The Morgan fingerprint density at radius 2 is 1.79 bits per heavy atom. The Bertz CT molecular complexity index is 1200. The lowest BCUT2D eigenvalue weighted by atomic mass is 10.1. The van der Waals surface area contributed by atoms with E-state index in [-0.39, 0.29) is 23.6 Å². The van der Waals surface area contributed by atoms with Gasteiger partial charge in [0.15, 0.2) is 0 Å². The zero-order chi connectivity index (χ0) is 22.9. The van der Waals surface area contributed by atoms with Gasteiger partial charge in [0.05, 0.1) is 11.6 Å². The smallest absolute Gasteiger partial charge is 0.274 e. The summed E-state index contributed by atoms with van der Waals surface area (Å²) in [7, 11) is 0. The highest BCUT2D eigenvalue weighted by molar-refractivity contribution is 5.92. The van der Waals surface area contributed by atoms with Gasteiger partial charge < -0.3 is 14.2 Å². The first-order valence-electron chi connectivity index (χ1n) is 12.2. The minimum absolute atomic E-state index is 0.0760. The van der Waals surface area contributed by atoms with E-state index in [4.69, 9.17) is 4.74 Å². The van der Waals surface area contributed by atoms with Crippen molar-refractivity contribution in [2.75, 3.05) is 13.1 Å². The Balaban J connectivity index is 1.25. The van der Waals surface area contributed by atoms with E-state index in [1.54, 1.807) is 0 Å². The van der Waals surface area contributed by atoms with Crippen LogP contribution in [-0.2, 0) is 0 Å². The molecule has 2 fully saturated rings. The number of likely N-dealkylation sites (tertiary alicyclic amines) is 1. The molecule has 1 amide bonds. The normalized spacial score (nSPS) is 17.8. The van der Waals surface area contributed by atoms with Crippen LogP contribution in [0.25, 0.3) is 10.9 Å². The molecule has 0 N–H and O–H groups in total. The molecule has 174 valence electrons. The van der Waals surface area contributed by atoms with Crippen LogP contribution in [0.5, 0.6) is 5.75 Å². The van der Waals surface area contributed by atoms with Gasteiger partial charge in [0, 0.05) is 49.6 Å². The number of hydrogen-bond acceptors (Lipinski definition) is 4. The maximum atomic E-state index is 13.0. The third kappa shape index (κ3) is 4.28. The van der Waals surface area contributed by atoms with Crippen molar-refractivity contribution in [1.29, 1.82) is 0 Å². The lowest BCUT2D eigenvalue weighted by Crippen LogP contribution is -2.42. The zero-order valence-electron chi connectivity index (χ0n) is 19.4. The molecule has 1 saturated carbocycles. The standard InChI is InChI=1S/C26H32N4O3/c1-18(2)30-25(31)11-10-22(27-30)26(32)28-15-12-20(13-16-28)33-24-9-5-8-23-21(24)14-17-29(23)19-6-3-4-7-19/h5,8-11,14,17-20H,3-4,6-7,12-13,15-16H2,1-2H3. The number of benzene rings is 1. The first-order valence-corrected chi connectivity index (χ1v) is 12.2. The van der Waals surface area contributed by atoms with Gasteiger partial charge in [0.25, 0.3) is 11.5 Å². The van der Waals surface area contributed by atoms with Crippen molar-refractivity contribution >= 4 is 16.8 Å². The van der Waals surface area contributed by atoms with Crippen molar-refractivity contribution in [1.82, 2.24) is 19.2 Å². The highest BCUT2D eigenvalue weighted by Gasteiger charge is 2.27. The Labute approximate surface area is 194 Å². The molecule has 0 bridgehead atoms. The average Bonchev–Trinajstić information content (AvgIpc) is 3.49. The maximum Gasteiger partial charge on any atom is 0.274 e. The minimum Gasteiger partial charge on any atom is -0.490 e. The number of fused-ring (bicyclic) bond motifs is 1. The van der Waals surface area contributed by atoms with Gasteiger partial charge >= 0.3 is 0 Å². The van der Waals surface area contributed by atoms with Gasteiger partial charge in [0.2, 0.25) is 0 Å². The van der Waals surface area contributed by atoms with E-state index in [0.717, 1.165) is 18.6 Å². The molecule has 7 nitrogen and oxygen atoms in total. The second kappa shape index (κ2) is 9.04. The number of ether oxygens (including phenoxy) is 1. The molecule has 3 aromatic rings. The van der Waals surface area contributed by atoms with E-state index in [2.05, 4.69) is 40.1 Å². The van der Waals surface area contributed by atoms with Crippen molar-refractivity contribution in [3.8, 4) is 5.75 Å². The fourth-order valence-corrected chi connectivity index (χ4v) is 5.19. The Kier molecular flexibility index (Phi) is 5.96. The number of aromatic nitrogens is 3. The van der Waals surface area contributed by atoms with Crippen LogP contribution in [0.2, 0.25) is 0 Å². The third-order valence-electron chi connectivity index (χ3n) is 7.00. The summed E-state index contributed by atoms with van der Waals surface area (Å²) >= 11 is 0. The van der Waals surface area contributed by atoms with Gasteiger partial charge in [-0.05, 0) is 51.0 Å².